The van der Waals surface area contributed by atoms with E-state index in [2.05, 4.69) is 10.2 Å². The lowest BCUT2D eigenvalue weighted by atomic mass is 10.2. The van der Waals surface area contributed by atoms with Crippen LogP contribution in [0.4, 0.5) is 0 Å². The Morgan fingerprint density at radius 1 is 0.844 bits per heavy atom. The third kappa shape index (κ3) is 14.7. The van der Waals surface area contributed by atoms with Crippen molar-refractivity contribution >= 4 is 11.9 Å². The van der Waals surface area contributed by atoms with Crippen molar-refractivity contribution in [2.24, 2.45) is 0 Å². The van der Waals surface area contributed by atoms with E-state index in [4.69, 9.17) is 9.47 Å². The zero-order valence-corrected chi connectivity index (χ0v) is 20.7. The monoisotopic (exact) mass is 460 g/mol. The predicted octanol–water partition coefficient (Wildman–Crippen LogP) is 0.0554. The normalized spacial score (nSPS) is 20.2. The van der Waals surface area contributed by atoms with Gasteiger partial charge in [0.2, 0.25) is 0 Å². The summed E-state index contributed by atoms with van der Waals surface area (Å²) in [6.45, 7) is 16.6. The van der Waals surface area contributed by atoms with Gasteiger partial charge in [0.15, 0.2) is 6.29 Å². The SMILES string of the molecule is CC(C)(C)OC(=O)CN1CCNCCN(CC(O)OC(C)(C)C)CCN(CC(=O)O)CC1. The van der Waals surface area contributed by atoms with Crippen molar-refractivity contribution in [2.75, 3.05) is 72.0 Å². The number of carboxylic acids is 1. The van der Waals surface area contributed by atoms with Gasteiger partial charge >= 0.3 is 11.9 Å². The average Bonchev–Trinajstić information content (AvgIpc) is 2.57. The van der Waals surface area contributed by atoms with E-state index in [1.54, 1.807) is 0 Å². The lowest BCUT2D eigenvalue weighted by molar-refractivity contribution is -0.174. The van der Waals surface area contributed by atoms with Crippen LogP contribution in [0.15, 0.2) is 0 Å². The zero-order valence-electron chi connectivity index (χ0n) is 20.7. The summed E-state index contributed by atoms with van der Waals surface area (Å²) in [4.78, 5) is 29.6. The fourth-order valence-electron chi connectivity index (χ4n) is 3.41. The van der Waals surface area contributed by atoms with Crippen LogP contribution in [0.25, 0.3) is 0 Å². The molecule has 1 atom stereocenters. The topological polar surface area (TPSA) is 115 Å². The number of aliphatic hydroxyl groups excluding tert-OH is 1. The third-order valence-corrected chi connectivity index (χ3v) is 4.71. The quantitative estimate of drug-likeness (QED) is 0.356. The van der Waals surface area contributed by atoms with Gasteiger partial charge in [-0.15, -0.1) is 0 Å². The second-order valence-corrected chi connectivity index (χ2v) is 10.3. The number of β-amino-alcohol motifs (C(OH)–C–C–N with tert-alkyl or cyclic N) is 1. The van der Waals surface area contributed by atoms with E-state index in [0.29, 0.717) is 58.9 Å². The van der Waals surface area contributed by atoms with Crippen LogP contribution in [-0.4, -0.2) is 126 Å². The van der Waals surface area contributed by atoms with Gasteiger partial charge in [-0.25, -0.2) is 0 Å². The molecule has 3 N–H and O–H groups in total. The Hall–Kier alpha value is -1.30. The van der Waals surface area contributed by atoms with E-state index < -0.39 is 23.5 Å². The van der Waals surface area contributed by atoms with Crippen LogP contribution in [0, 0.1) is 0 Å². The summed E-state index contributed by atoms with van der Waals surface area (Å²) in [5.41, 5.74) is -0.987. The van der Waals surface area contributed by atoms with Crippen LogP contribution >= 0.6 is 0 Å². The highest BCUT2D eigenvalue weighted by atomic mass is 16.6. The Morgan fingerprint density at radius 3 is 1.84 bits per heavy atom. The molecule has 0 saturated carbocycles. The summed E-state index contributed by atoms with van der Waals surface area (Å²) in [6, 6.07) is 0. The van der Waals surface area contributed by atoms with Crippen molar-refractivity contribution in [2.45, 2.75) is 59.0 Å². The lowest BCUT2D eigenvalue weighted by Crippen LogP contribution is -2.48. The first-order valence-corrected chi connectivity index (χ1v) is 11.4. The van der Waals surface area contributed by atoms with E-state index >= 15 is 0 Å². The maximum absolute atomic E-state index is 12.3. The van der Waals surface area contributed by atoms with Gasteiger partial charge in [0.25, 0.3) is 0 Å². The van der Waals surface area contributed by atoms with Crippen molar-refractivity contribution < 1.29 is 29.3 Å². The minimum Gasteiger partial charge on any atom is -0.480 e. The number of carbonyl (C=O) groups is 2. The van der Waals surface area contributed by atoms with Gasteiger partial charge in [-0.2, -0.15) is 0 Å². The number of aliphatic hydroxyl groups is 1. The molecule has 1 aliphatic rings. The minimum absolute atomic E-state index is 0.0760. The Morgan fingerprint density at radius 2 is 1.34 bits per heavy atom. The molecule has 188 valence electrons. The van der Waals surface area contributed by atoms with Crippen molar-refractivity contribution in [1.29, 1.82) is 0 Å². The highest BCUT2D eigenvalue weighted by Gasteiger charge is 2.22. The molecule has 1 rings (SSSR count). The molecule has 0 amide bonds. The van der Waals surface area contributed by atoms with Crippen molar-refractivity contribution in [3.63, 3.8) is 0 Å². The first kappa shape index (κ1) is 28.7. The number of nitrogens with zero attached hydrogens (tertiary/aromatic N) is 3. The average molecular weight is 461 g/mol. The fraction of sp³-hybridized carbons (Fsp3) is 0.909. The minimum atomic E-state index is -0.917. The van der Waals surface area contributed by atoms with Gasteiger partial charge in [-0.1, -0.05) is 0 Å². The van der Waals surface area contributed by atoms with Crippen molar-refractivity contribution in [1.82, 2.24) is 20.0 Å². The molecule has 0 spiro atoms. The smallest absolute Gasteiger partial charge is 0.320 e. The second kappa shape index (κ2) is 13.4. The number of ether oxygens (including phenoxy) is 2. The standard InChI is InChI=1S/C22H44N4O6/c1-21(2,3)31-19(29)16-24-9-7-23-8-10-25(17-20(30)32-22(4,5)6)12-14-26(13-11-24)15-18(27)28/h19,23,29H,7-17H2,1-6H3,(H,27,28). The Balaban J connectivity index is 2.74. The zero-order chi connectivity index (χ0) is 24.4. The molecule has 10 heteroatoms. The van der Waals surface area contributed by atoms with Crippen LogP contribution in [-0.2, 0) is 19.1 Å². The first-order chi connectivity index (χ1) is 14.7. The summed E-state index contributed by atoms with van der Waals surface area (Å²) in [7, 11) is 0. The molecule has 0 aromatic heterocycles. The maximum atomic E-state index is 12.3. The van der Waals surface area contributed by atoms with Gasteiger partial charge in [0.05, 0.1) is 18.7 Å². The summed E-state index contributed by atoms with van der Waals surface area (Å²) < 4.78 is 11.1. The molecule has 1 saturated heterocycles. The Kier molecular flexibility index (Phi) is 12.0. The van der Waals surface area contributed by atoms with E-state index in [1.165, 1.54) is 0 Å². The van der Waals surface area contributed by atoms with Crippen LogP contribution in [0.3, 0.4) is 0 Å². The fourth-order valence-corrected chi connectivity index (χ4v) is 3.41. The van der Waals surface area contributed by atoms with Gasteiger partial charge < -0.3 is 25.0 Å². The number of esters is 1. The van der Waals surface area contributed by atoms with Crippen LogP contribution in [0.1, 0.15) is 41.5 Å². The summed E-state index contributed by atoms with van der Waals surface area (Å²) >= 11 is 0. The van der Waals surface area contributed by atoms with E-state index in [1.807, 2.05) is 51.3 Å². The number of hydrogen-bond donors (Lipinski definition) is 3. The number of aliphatic carboxylic acids is 1. The summed E-state index contributed by atoms with van der Waals surface area (Å²) in [6.07, 6.45) is -0.917. The molecule has 1 fully saturated rings. The number of nitrogens with one attached hydrogen (secondary N) is 1. The molecule has 32 heavy (non-hydrogen) atoms. The van der Waals surface area contributed by atoms with Crippen molar-refractivity contribution in [3.05, 3.63) is 0 Å². The van der Waals surface area contributed by atoms with E-state index in [0.717, 1.165) is 0 Å². The number of carbonyl (C=O) groups excluding carboxylic acids is 1. The van der Waals surface area contributed by atoms with Crippen LogP contribution in [0.5, 0.6) is 0 Å². The molecule has 10 nitrogen and oxygen atoms in total. The largest absolute Gasteiger partial charge is 0.480 e. The first-order valence-electron chi connectivity index (χ1n) is 11.4. The highest BCUT2D eigenvalue weighted by molar-refractivity contribution is 5.72. The molecule has 0 aliphatic carbocycles. The summed E-state index contributed by atoms with van der Waals surface area (Å²) in [5.74, 6) is -1.17. The van der Waals surface area contributed by atoms with E-state index in [9.17, 15) is 19.8 Å². The molecule has 1 heterocycles. The number of carboxylic acid groups (broad SMARTS) is 1. The van der Waals surface area contributed by atoms with Crippen LogP contribution in [0.2, 0.25) is 0 Å². The maximum Gasteiger partial charge on any atom is 0.320 e. The Bertz CT molecular complexity index is 576. The number of hydrogen-bond acceptors (Lipinski definition) is 9. The molecular formula is C22H44N4O6. The van der Waals surface area contributed by atoms with Gasteiger partial charge in [-0.3, -0.25) is 24.3 Å². The van der Waals surface area contributed by atoms with E-state index in [-0.39, 0.29) is 19.1 Å². The third-order valence-electron chi connectivity index (χ3n) is 4.71. The van der Waals surface area contributed by atoms with Gasteiger partial charge in [0, 0.05) is 58.9 Å². The molecule has 0 radical (unpaired) electrons. The van der Waals surface area contributed by atoms with Gasteiger partial charge in [0.1, 0.15) is 5.60 Å². The molecule has 1 unspecified atom stereocenters. The molecule has 1 aliphatic heterocycles. The number of rotatable bonds is 7. The Labute approximate surface area is 192 Å². The van der Waals surface area contributed by atoms with Gasteiger partial charge in [-0.05, 0) is 41.5 Å². The molecule has 0 bridgehead atoms. The molecule has 0 aromatic carbocycles. The molecule has 0 aromatic rings. The second-order valence-electron chi connectivity index (χ2n) is 10.3. The highest BCUT2D eigenvalue weighted by Crippen LogP contribution is 2.11. The molecular weight excluding hydrogens is 416 g/mol. The predicted molar refractivity (Wildman–Crippen MR) is 123 cm³/mol. The van der Waals surface area contributed by atoms with Crippen LogP contribution < -0.4 is 5.32 Å². The summed E-state index contributed by atoms with van der Waals surface area (Å²) in [5, 5.41) is 23.0. The lowest BCUT2D eigenvalue weighted by Gasteiger charge is -2.32. The van der Waals surface area contributed by atoms with Crippen molar-refractivity contribution in [3.8, 4) is 0 Å².